The molecule has 10 nitrogen and oxygen atoms in total. The smallest absolute Gasteiger partial charge is 0.410 e. The number of halogens is 1. The molecule has 2 aromatic heterocycles. The summed E-state index contributed by atoms with van der Waals surface area (Å²) in [4.78, 5) is 33.4. The van der Waals surface area contributed by atoms with Gasteiger partial charge in [-0.1, -0.05) is 24.3 Å². The predicted octanol–water partition coefficient (Wildman–Crippen LogP) is 6.00. The maximum atomic E-state index is 16.7. The maximum Gasteiger partial charge on any atom is 0.410 e. The second-order valence-electron chi connectivity index (χ2n) is 14.4. The van der Waals surface area contributed by atoms with Gasteiger partial charge in [0.2, 0.25) is 0 Å². The number of aromatic hydroxyl groups is 1. The minimum atomic E-state index is -0.605. The molecule has 1 saturated carbocycles. The van der Waals surface area contributed by atoms with Gasteiger partial charge in [-0.3, -0.25) is 9.88 Å². The summed E-state index contributed by atoms with van der Waals surface area (Å²) in [5.74, 6) is -0.0418. The molecule has 0 unspecified atom stereocenters. The average Bonchev–Trinajstić information content (AvgIpc) is 3.69. The summed E-state index contributed by atoms with van der Waals surface area (Å²) in [7, 11) is 4.09. The monoisotopic (exact) mass is 628 g/mol. The van der Waals surface area contributed by atoms with Crippen LogP contribution in [-0.2, 0) is 4.74 Å². The molecule has 1 aliphatic carbocycles. The molecule has 242 valence electrons. The lowest BCUT2D eigenvalue weighted by molar-refractivity contribution is 0.0122. The molecule has 3 aliphatic rings. The van der Waals surface area contributed by atoms with Crippen molar-refractivity contribution in [3.8, 4) is 23.0 Å². The number of fused-ring (bicyclic) bond motifs is 4. The van der Waals surface area contributed by atoms with Gasteiger partial charge in [0.15, 0.2) is 5.82 Å². The Hall–Kier alpha value is -4.25. The highest BCUT2D eigenvalue weighted by Gasteiger charge is 2.46. The molecule has 1 amide bonds. The number of piperazine rings is 1. The Balaban J connectivity index is 1.29. The zero-order valence-corrected chi connectivity index (χ0v) is 27.1. The lowest BCUT2D eigenvalue weighted by Gasteiger charge is -2.42. The quantitative estimate of drug-likeness (QED) is 0.264. The maximum absolute atomic E-state index is 16.7. The van der Waals surface area contributed by atoms with Crippen molar-refractivity contribution in [3.63, 3.8) is 0 Å². The van der Waals surface area contributed by atoms with E-state index in [1.807, 2.05) is 64.0 Å². The first-order valence-corrected chi connectivity index (χ1v) is 16.0. The molecule has 3 fully saturated rings. The summed E-state index contributed by atoms with van der Waals surface area (Å²) in [5, 5.41) is 12.5. The van der Waals surface area contributed by atoms with E-state index in [-0.39, 0.29) is 46.6 Å². The first-order valence-electron chi connectivity index (χ1n) is 16.0. The number of pyridine rings is 1. The highest BCUT2D eigenvalue weighted by molar-refractivity contribution is 6.00. The summed E-state index contributed by atoms with van der Waals surface area (Å²) in [6.45, 7) is 7.98. The number of phenols is 1. The van der Waals surface area contributed by atoms with Crippen LogP contribution in [0.25, 0.3) is 32.9 Å². The lowest BCUT2D eigenvalue weighted by Crippen LogP contribution is -2.57. The van der Waals surface area contributed by atoms with Gasteiger partial charge in [0, 0.05) is 36.8 Å². The molecular formula is C35H41FN6O4. The number of anilines is 1. The number of hydrogen-bond acceptors (Lipinski definition) is 9. The van der Waals surface area contributed by atoms with Crippen LogP contribution < -0.4 is 9.64 Å². The van der Waals surface area contributed by atoms with E-state index < -0.39 is 11.4 Å². The standard InChI is InChI=1S/C35H41FN6O4/c1-34(2,3)46-33(44)42-22-10-11-23(42)18-41(17-22)31-27-16-37-29(26-15-24(43)14-21-8-6-7-9-25(21)26)28(36)30(27)38-32(39-31)45-20-35(12-13-35)19-40(4)5/h6-9,14-16,22-23,43H,10-13,17-20H2,1-5H3/t22-,23+. The van der Waals surface area contributed by atoms with Crippen molar-refractivity contribution in [1.82, 2.24) is 24.8 Å². The minimum Gasteiger partial charge on any atom is -0.508 e. The molecule has 0 radical (unpaired) electrons. The van der Waals surface area contributed by atoms with Gasteiger partial charge in [0.05, 0.1) is 24.1 Å². The van der Waals surface area contributed by atoms with Crippen LogP contribution in [0.15, 0.2) is 42.6 Å². The highest BCUT2D eigenvalue weighted by Crippen LogP contribution is 2.46. The van der Waals surface area contributed by atoms with Crippen LogP contribution in [0.5, 0.6) is 11.8 Å². The number of ether oxygens (including phenoxy) is 2. The topological polar surface area (TPSA) is 104 Å². The molecule has 7 rings (SSSR count). The second kappa shape index (κ2) is 11.2. The van der Waals surface area contributed by atoms with Crippen molar-refractivity contribution in [2.75, 3.05) is 45.2 Å². The SMILES string of the molecule is CN(C)CC1(COc2nc(N3C[C@H]4CC[C@@H](C3)N4C(=O)OC(C)(C)C)c3cnc(-c4cc(O)cc5ccccc45)c(F)c3n2)CC1. The number of hydrogen-bond donors (Lipinski definition) is 1. The number of amides is 1. The van der Waals surface area contributed by atoms with Crippen LogP contribution in [-0.4, -0.2) is 94.0 Å². The van der Waals surface area contributed by atoms with Gasteiger partial charge < -0.3 is 24.4 Å². The fraction of sp³-hybridized carbons (Fsp3) is 0.486. The van der Waals surface area contributed by atoms with Crippen molar-refractivity contribution in [1.29, 1.82) is 0 Å². The molecule has 1 N–H and O–H groups in total. The van der Waals surface area contributed by atoms with Crippen molar-refractivity contribution < 1.29 is 23.8 Å². The predicted molar refractivity (Wildman–Crippen MR) is 175 cm³/mol. The van der Waals surface area contributed by atoms with E-state index in [9.17, 15) is 9.90 Å². The molecular weight excluding hydrogens is 587 g/mol. The zero-order chi connectivity index (χ0) is 32.4. The van der Waals surface area contributed by atoms with Crippen LogP contribution in [0.1, 0.15) is 46.5 Å². The summed E-state index contributed by atoms with van der Waals surface area (Å²) in [6, 6.07) is 10.7. The van der Waals surface area contributed by atoms with E-state index in [2.05, 4.69) is 19.8 Å². The van der Waals surface area contributed by atoms with E-state index in [0.717, 1.165) is 43.0 Å². The summed E-state index contributed by atoms with van der Waals surface area (Å²) in [6.07, 6.45) is 5.11. The van der Waals surface area contributed by atoms with Gasteiger partial charge in [-0.2, -0.15) is 9.97 Å². The molecule has 4 aromatic rings. The van der Waals surface area contributed by atoms with Gasteiger partial charge in [0.1, 0.15) is 28.4 Å². The van der Waals surface area contributed by atoms with Crippen LogP contribution in [0.4, 0.5) is 15.0 Å². The Bertz CT molecular complexity index is 1810. The van der Waals surface area contributed by atoms with Gasteiger partial charge in [-0.25, -0.2) is 9.18 Å². The number of carbonyl (C=O) groups excluding carboxylic acids is 1. The van der Waals surface area contributed by atoms with E-state index in [1.54, 1.807) is 12.3 Å². The van der Waals surface area contributed by atoms with Crippen LogP contribution in [0.2, 0.25) is 0 Å². The Labute approximate surface area is 268 Å². The first kappa shape index (κ1) is 30.4. The third kappa shape index (κ3) is 5.77. The molecule has 2 bridgehead atoms. The van der Waals surface area contributed by atoms with Crippen LogP contribution >= 0.6 is 0 Å². The fourth-order valence-electron chi connectivity index (χ4n) is 7.11. The van der Waals surface area contributed by atoms with Crippen molar-refractivity contribution in [2.45, 2.75) is 64.1 Å². The van der Waals surface area contributed by atoms with E-state index in [1.165, 1.54) is 6.07 Å². The van der Waals surface area contributed by atoms with Gasteiger partial charge in [0.25, 0.3) is 0 Å². The van der Waals surface area contributed by atoms with Crippen molar-refractivity contribution >= 4 is 33.6 Å². The molecule has 46 heavy (non-hydrogen) atoms. The third-order valence-electron chi connectivity index (χ3n) is 9.25. The molecule has 4 heterocycles. The second-order valence-corrected chi connectivity index (χ2v) is 14.4. The summed E-state index contributed by atoms with van der Waals surface area (Å²) < 4.78 is 28.7. The fourth-order valence-corrected chi connectivity index (χ4v) is 7.11. The Morgan fingerprint density at radius 1 is 1.09 bits per heavy atom. The van der Waals surface area contributed by atoms with Crippen LogP contribution in [0.3, 0.4) is 0 Å². The van der Waals surface area contributed by atoms with E-state index >= 15 is 4.39 Å². The molecule has 2 atom stereocenters. The molecule has 11 heteroatoms. The van der Waals surface area contributed by atoms with Gasteiger partial charge >= 0.3 is 12.1 Å². The van der Waals surface area contributed by atoms with Gasteiger partial charge in [-0.05, 0) is 83.5 Å². The average molecular weight is 629 g/mol. The minimum absolute atomic E-state index is 0.0244. The van der Waals surface area contributed by atoms with E-state index in [4.69, 9.17) is 14.5 Å². The normalized spacial score (nSPS) is 20.5. The Morgan fingerprint density at radius 2 is 1.80 bits per heavy atom. The summed E-state index contributed by atoms with van der Waals surface area (Å²) in [5.41, 5.74) is 0.121. The van der Waals surface area contributed by atoms with Crippen LogP contribution in [0, 0.1) is 11.2 Å². The van der Waals surface area contributed by atoms with E-state index in [0.29, 0.717) is 36.5 Å². The summed E-state index contributed by atoms with van der Waals surface area (Å²) >= 11 is 0. The zero-order valence-electron chi connectivity index (χ0n) is 27.1. The molecule has 2 aliphatic heterocycles. The number of nitrogens with zero attached hydrogens (tertiary/aromatic N) is 6. The molecule has 0 spiro atoms. The lowest BCUT2D eigenvalue weighted by atomic mass is 10.00. The highest BCUT2D eigenvalue weighted by atomic mass is 19.1. The van der Waals surface area contributed by atoms with Crippen molar-refractivity contribution in [2.24, 2.45) is 5.41 Å². The Morgan fingerprint density at radius 3 is 2.48 bits per heavy atom. The number of rotatable bonds is 7. The number of aromatic nitrogens is 3. The van der Waals surface area contributed by atoms with Crippen molar-refractivity contribution in [3.05, 3.63) is 48.4 Å². The number of phenolic OH excluding ortho intramolecular Hbond substituents is 1. The molecule has 2 aromatic carbocycles. The third-order valence-corrected chi connectivity index (χ3v) is 9.25. The Kier molecular flexibility index (Phi) is 7.42. The first-order chi connectivity index (χ1) is 21.9. The van der Waals surface area contributed by atoms with Gasteiger partial charge in [-0.15, -0.1) is 0 Å². The number of benzene rings is 2. The number of carbonyl (C=O) groups is 1. The largest absolute Gasteiger partial charge is 0.508 e. The molecule has 2 saturated heterocycles.